The molecule has 4 nitrogen and oxygen atoms in total. The molecule has 0 spiro atoms. The Labute approximate surface area is 128 Å². The number of hydrogen-bond acceptors (Lipinski definition) is 4. The van der Waals surface area contributed by atoms with Crippen LogP contribution in [-0.4, -0.2) is 39.0 Å². The van der Waals surface area contributed by atoms with Crippen molar-refractivity contribution < 1.29 is 14.2 Å². The van der Waals surface area contributed by atoms with E-state index < -0.39 is 0 Å². The normalized spacial score (nSPS) is 13.0. The number of nitrogens with one attached hydrogen (secondary N) is 1. The topological polar surface area (TPSA) is 39.7 Å². The van der Waals surface area contributed by atoms with Crippen molar-refractivity contribution in [3.05, 3.63) is 23.8 Å². The van der Waals surface area contributed by atoms with Crippen LogP contribution in [0.15, 0.2) is 18.2 Å². The second-order valence-corrected chi connectivity index (χ2v) is 6.16. The highest BCUT2D eigenvalue weighted by atomic mass is 16.5. The van der Waals surface area contributed by atoms with Crippen LogP contribution in [0.2, 0.25) is 0 Å². The maximum absolute atomic E-state index is 6.06. The first-order chi connectivity index (χ1) is 9.89. The van der Waals surface area contributed by atoms with E-state index in [9.17, 15) is 0 Å². The fraction of sp³-hybridized carbons (Fsp3) is 0.647. The van der Waals surface area contributed by atoms with Crippen LogP contribution < -0.4 is 14.8 Å². The Hall–Kier alpha value is -1.26. The van der Waals surface area contributed by atoms with Gasteiger partial charge in [0.2, 0.25) is 0 Å². The lowest BCUT2D eigenvalue weighted by molar-refractivity contribution is 0.0745. The molecule has 0 aromatic heterocycles. The molecule has 0 saturated heterocycles. The van der Waals surface area contributed by atoms with Gasteiger partial charge in [0.25, 0.3) is 0 Å². The number of benzene rings is 1. The van der Waals surface area contributed by atoms with Crippen LogP contribution in [-0.2, 0) is 11.2 Å². The van der Waals surface area contributed by atoms with Gasteiger partial charge < -0.3 is 19.5 Å². The summed E-state index contributed by atoms with van der Waals surface area (Å²) in [4.78, 5) is 0. The molecule has 120 valence electrons. The van der Waals surface area contributed by atoms with Gasteiger partial charge in [-0.1, -0.05) is 13.0 Å². The molecule has 21 heavy (non-hydrogen) atoms. The first kappa shape index (κ1) is 17.8. The van der Waals surface area contributed by atoms with Crippen LogP contribution in [0.5, 0.6) is 11.5 Å². The van der Waals surface area contributed by atoms with E-state index in [1.165, 1.54) is 5.56 Å². The summed E-state index contributed by atoms with van der Waals surface area (Å²) in [5.41, 5.74) is 1.28. The lowest BCUT2D eigenvalue weighted by Gasteiger charge is -2.26. The molecule has 1 atom stereocenters. The van der Waals surface area contributed by atoms with Crippen LogP contribution >= 0.6 is 0 Å². The molecule has 1 unspecified atom stereocenters. The third-order valence-corrected chi connectivity index (χ3v) is 3.14. The van der Waals surface area contributed by atoms with E-state index >= 15 is 0 Å². The number of ether oxygens (including phenoxy) is 3. The average Bonchev–Trinajstić information content (AvgIpc) is 2.44. The summed E-state index contributed by atoms with van der Waals surface area (Å²) in [6.07, 6.45) is 0.916. The number of hydrogen-bond donors (Lipinski definition) is 1. The van der Waals surface area contributed by atoms with Gasteiger partial charge in [0.15, 0.2) is 11.5 Å². The number of rotatable bonds is 8. The Morgan fingerprint density at radius 1 is 1.14 bits per heavy atom. The Morgan fingerprint density at radius 3 is 2.38 bits per heavy atom. The Balaban J connectivity index is 2.78. The molecule has 0 bridgehead atoms. The molecule has 0 amide bonds. The summed E-state index contributed by atoms with van der Waals surface area (Å²) >= 11 is 0. The minimum Gasteiger partial charge on any atom is -0.493 e. The molecule has 4 heteroatoms. The summed E-state index contributed by atoms with van der Waals surface area (Å²) in [6, 6.07) is 6.06. The van der Waals surface area contributed by atoms with Crippen molar-refractivity contribution in [1.29, 1.82) is 0 Å². The lowest BCUT2D eigenvalue weighted by atomic mass is 10.1. The van der Waals surface area contributed by atoms with E-state index in [2.05, 4.69) is 39.1 Å². The van der Waals surface area contributed by atoms with Crippen molar-refractivity contribution in [2.24, 2.45) is 0 Å². The van der Waals surface area contributed by atoms with E-state index in [4.69, 9.17) is 14.2 Å². The highest BCUT2D eigenvalue weighted by molar-refractivity contribution is 5.43. The van der Waals surface area contributed by atoms with Gasteiger partial charge in [0.05, 0.1) is 13.7 Å². The van der Waals surface area contributed by atoms with Crippen molar-refractivity contribution in [1.82, 2.24) is 5.32 Å². The van der Waals surface area contributed by atoms with Gasteiger partial charge in [-0.25, -0.2) is 0 Å². The maximum Gasteiger partial charge on any atom is 0.161 e. The summed E-state index contributed by atoms with van der Waals surface area (Å²) in [5, 5.41) is 3.44. The minimum atomic E-state index is -0.0596. The second kappa shape index (κ2) is 8.25. The summed E-state index contributed by atoms with van der Waals surface area (Å²) in [6.45, 7) is 9.77. The van der Waals surface area contributed by atoms with Gasteiger partial charge in [-0.05, 0) is 44.9 Å². The van der Waals surface area contributed by atoms with Gasteiger partial charge in [-0.2, -0.15) is 0 Å². The SMILES string of the molecule is CCc1ccc(OC(CNC(C)(C)C)COC)c(OC)c1. The first-order valence-electron chi connectivity index (χ1n) is 7.47. The molecule has 0 aliphatic rings. The average molecular weight is 295 g/mol. The quantitative estimate of drug-likeness (QED) is 0.800. The minimum absolute atomic E-state index is 0.0471. The zero-order chi connectivity index (χ0) is 15.9. The lowest BCUT2D eigenvalue weighted by Crippen LogP contribution is -2.44. The standard InChI is InChI=1S/C17H29NO3/c1-7-13-8-9-15(16(10-13)20-6)21-14(12-19-5)11-18-17(2,3)4/h8-10,14,18H,7,11-12H2,1-6H3. The fourth-order valence-corrected chi connectivity index (χ4v) is 1.95. The van der Waals surface area contributed by atoms with Crippen LogP contribution in [0.3, 0.4) is 0 Å². The molecular formula is C17H29NO3. The predicted molar refractivity (Wildman–Crippen MR) is 86.4 cm³/mol. The van der Waals surface area contributed by atoms with Gasteiger partial charge in [0.1, 0.15) is 6.10 Å². The van der Waals surface area contributed by atoms with Crippen molar-refractivity contribution in [2.75, 3.05) is 27.4 Å². The number of methoxy groups -OCH3 is 2. The third-order valence-electron chi connectivity index (χ3n) is 3.14. The summed E-state index contributed by atoms with van der Waals surface area (Å²) in [5.74, 6) is 1.53. The van der Waals surface area contributed by atoms with Crippen LogP contribution in [0.1, 0.15) is 33.3 Å². The zero-order valence-corrected chi connectivity index (χ0v) is 14.2. The van der Waals surface area contributed by atoms with Crippen molar-refractivity contribution in [2.45, 2.75) is 45.8 Å². The molecule has 1 aromatic rings. The van der Waals surface area contributed by atoms with E-state index in [1.54, 1.807) is 14.2 Å². The van der Waals surface area contributed by atoms with E-state index in [-0.39, 0.29) is 11.6 Å². The molecule has 0 aliphatic carbocycles. The van der Waals surface area contributed by atoms with E-state index in [0.717, 1.165) is 24.5 Å². The van der Waals surface area contributed by atoms with Crippen molar-refractivity contribution in [3.8, 4) is 11.5 Å². The monoisotopic (exact) mass is 295 g/mol. The second-order valence-electron chi connectivity index (χ2n) is 6.16. The highest BCUT2D eigenvalue weighted by Crippen LogP contribution is 2.29. The molecule has 0 saturated carbocycles. The molecule has 0 aliphatic heterocycles. The highest BCUT2D eigenvalue weighted by Gasteiger charge is 2.17. The smallest absolute Gasteiger partial charge is 0.161 e. The largest absolute Gasteiger partial charge is 0.493 e. The van der Waals surface area contributed by atoms with Crippen LogP contribution in [0.4, 0.5) is 0 Å². The van der Waals surface area contributed by atoms with Gasteiger partial charge in [-0.3, -0.25) is 0 Å². The molecule has 1 N–H and O–H groups in total. The Bertz CT molecular complexity index is 427. The maximum atomic E-state index is 6.06. The van der Waals surface area contributed by atoms with Crippen molar-refractivity contribution >= 4 is 0 Å². The van der Waals surface area contributed by atoms with Gasteiger partial charge in [0, 0.05) is 19.2 Å². The molecule has 0 heterocycles. The van der Waals surface area contributed by atoms with Gasteiger partial charge >= 0.3 is 0 Å². The third kappa shape index (κ3) is 6.36. The summed E-state index contributed by atoms with van der Waals surface area (Å²) in [7, 11) is 3.35. The van der Waals surface area contributed by atoms with E-state index in [1.807, 2.05) is 12.1 Å². The predicted octanol–water partition coefficient (Wildman–Crippen LogP) is 3.04. The van der Waals surface area contributed by atoms with Crippen LogP contribution in [0, 0.1) is 0 Å². The molecule has 1 aromatic carbocycles. The fourth-order valence-electron chi connectivity index (χ4n) is 1.95. The van der Waals surface area contributed by atoms with Crippen molar-refractivity contribution in [3.63, 3.8) is 0 Å². The molecule has 0 fully saturated rings. The first-order valence-corrected chi connectivity index (χ1v) is 7.47. The van der Waals surface area contributed by atoms with Gasteiger partial charge in [-0.15, -0.1) is 0 Å². The molecule has 1 rings (SSSR count). The Kier molecular flexibility index (Phi) is 6.99. The van der Waals surface area contributed by atoms with E-state index in [0.29, 0.717) is 6.61 Å². The zero-order valence-electron chi connectivity index (χ0n) is 14.2. The molecular weight excluding hydrogens is 266 g/mol. The van der Waals surface area contributed by atoms with Crippen LogP contribution in [0.25, 0.3) is 0 Å². The molecule has 0 radical (unpaired) electrons. The number of aryl methyl sites for hydroxylation is 1. The summed E-state index contributed by atoms with van der Waals surface area (Å²) < 4.78 is 16.7. The Morgan fingerprint density at radius 2 is 1.86 bits per heavy atom.